The van der Waals surface area contributed by atoms with Gasteiger partial charge < -0.3 is 10.1 Å². The minimum Gasteiger partial charge on any atom is -0.456 e. The minimum absolute atomic E-state index is 0.112. The Labute approximate surface area is 158 Å². The lowest BCUT2D eigenvalue weighted by Gasteiger charge is -2.06. The monoisotopic (exact) mass is 386 g/mol. The lowest BCUT2D eigenvalue weighted by Crippen LogP contribution is -2.16. The van der Waals surface area contributed by atoms with Crippen LogP contribution in [0.1, 0.15) is 41.3 Å². The highest BCUT2D eigenvalue weighted by molar-refractivity contribution is 7.16. The van der Waals surface area contributed by atoms with Crippen molar-refractivity contribution in [2.75, 3.05) is 5.32 Å². The molecular weight excluding hydrogens is 368 g/mol. The summed E-state index contributed by atoms with van der Waals surface area (Å²) in [6.45, 7) is 3.33. The Hall–Kier alpha value is -3.07. The lowest BCUT2D eigenvalue weighted by molar-refractivity contribution is -0.114. The van der Waals surface area contributed by atoms with Crippen molar-refractivity contribution in [3.63, 3.8) is 0 Å². The molecule has 140 valence electrons. The maximum atomic E-state index is 12.2. The predicted octanol–water partition coefficient (Wildman–Crippen LogP) is 2.42. The Morgan fingerprint density at radius 1 is 1.26 bits per heavy atom. The number of hydrogen-bond donors (Lipinski definition) is 1. The summed E-state index contributed by atoms with van der Waals surface area (Å²) < 4.78 is 6.51. The maximum Gasteiger partial charge on any atom is 0.338 e. The smallest absolute Gasteiger partial charge is 0.338 e. The van der Waals surface area contributed by atoms with Crippen LogP contribution < -0.4 is 10.9 Å². The number of fused-ring (bicyclic) bond motifs is 1. The van der Waals surface area contributed by atoms with Crippen LogP contribution >= 0.6 is 11.3 Å². The first-order chi connectivity index (χ1) is 13.0. The number of aromatic nitrogens is 3. The Morgan fingerprint density at radius 2 is 2.00 bits per heavy atom. The third-order valence-corrected chi connectivity index (χ3v) is 4.56. The number of nitrogens with one attached hydrogen (secondary N) is 1. The van der Waals surface area contributed by atoms with E-state index in [2.05, 4.69) is 15.4 Å². The van der Waals surface area contributed by atoms with Crippen LogP contribution in [-0.2, 0) is 22.6 Å². The molecule has 0 radical (unpaired) electrons. The van der Waals surface area contributed by atoms with Crippen LogP contribution in [0.15, 0.2) is 35.1 Å². The van der Waals surface area contributed by atoms with E-state index >= 15 is 0 Å². The highest BCUT2D eigenvalue weighted by atomic mass is 32.1. The molecule has 0 saturated heterocycles. The summed E-state index contributed by atoms with van der Waals surface area (Å²) in [4.78, 5) is 40.1. The van der Waals surface area contributed by atoms with Crippen LogP contribution in [0.4, 0.5) is 5.69 Å². The number of carbonyl (C=O) groups is 2. The molecule has 1 amide bonds. The molecule has 1 aromatic carbocycles. The van der Waals surface area contributed by atoms with Crippen molar-refractivity contribution in [3.8, 4) is 0 Å². The number of nitrogens with zero attached hydrogens (tertiary/aromatic N) is 3. The van der Waals surface area contributed by atoms with Crippen molar-refractivity contribution >= 4 is 33.9 Å². The van der Waals surface area contributed by atoms with Crippen molar-refractivity contribution in [3.05, 3.63) is 57.0 Å². The summed E-state index contributed by atoms with van der Waals surface area (Å²) in [5, 5.41) is 7.70. The second-order valence-corrected chi connectivity index (χ2v) is 6.90. The van der Waals surface area contributed by atoms with Gasteiger partial charge in [-0.25, -0.2) is 9.78 Å². The lowest BCUT2D eigenvalue weighted by atomic mass is 10.2. The van der Waals surface area contributed by atoms with Gasteiger partial charge in [-0.1, -0.05) is 18.3 Å². The number of amides is 1. The molecule has 0 aliphatic carbocycles. The average molecular weight is 386 g/mol. The second-order valence-electron chi connectivity index (χ2n) is 5.86. The largest absolute Gasteiger partial charge is 0.456 e. The van der Waals surface area contributed by atoms with E-state index < -0.39 is 5.97 Å². The van der Waals surface area contributed by atoms with Crippen LogP contribution in [0.3, 0.4) is 0 Å². The van der Waals surface area contributed by atoms with Gasteiger partial charge in [0.1, 0.15) is 11.6 Å². The number of ether oxygens (including phenoxy) is 1. The molecule has 2 aromatic heterocycles. The van der Waals surface area contributed by atoms with Gasteiger partial charge >= 0.3 is 5.97 Å². The fourth-order valence-corrected chi connectivity index (χ4v) is 3.42. The highest BCUT2D eigenvalue weighted by Crippen LogP contribution is 2.14. The first kappa shape index (κ1) is 18.7. The number of hydrogen-bond acceptors (Lipinski definition) is 7. The fraction of sp³-hybridized carbons (Fsp3) is 0.278. The van der Waals surface area contributed by atoms with Gasteiger partial charge in [0, 0.05) is 25.1 Å². The number of anilines is 1. The van der Waals surface area contributed by atoms with Crippen LogP contribution in [0.25, 0.3) is 4.96 Å². The van der Waals surface area contributed by atoms with Crippen molar-refractivity contribution in [2.45, 2.75) is 33.3 Å². The van der Waals surface area contributed by atoms with E-state index in [4.69, 9.17) is 4.74 Å². The zero-order valence-corrected chi connectivity index (χ0v) is 15.7. The summed E-state index contributed by atoms with van der Waals surface area (Å²) in [6.07, 6.45) is 1.71. The number of rotatable bonds is 6. The molecule has 3 rings (SSSR count). The number of esters is 1. The van der Waals surface area contributed by atoms with Crippen LogP contribution in [0.5, 0.6) is 0 Å². The molecule has 0 atom stereocenters. The average Bonchev–Trinajstić information content (AvgIpc) is 3.03. The van der Waals surface area contributed by atoms with Crippen molar-refractivity contribution in [2.24, 2.45) is 0 Å². The summed E-state index contributed by atoms with van der Waals surface area (Å²) >= 11 is 1.35. The number of benzene rings is 1. The third kappa shape index (κ3) is 4.56. The fourth-order valence-electron chi connectivity index (χ4n) is 2.40. The molecule has 0 aliphatic heterocycles. The van der Waals surface area contributed by atoms with E-state index in [1.54, 1.807) is 24.3 Å². The van der Waals surface area contributed by atoms with Crippen molar-refractivity contribution in [1.82, 2.24) is 14.6 Å². The van der Waals surface area contributed by atoms with Gasteiger partial charge in [-0.15, -0.1) is 0 Å². The zero-order chi connectivity index (χ0) is 19.4. The summed E-state index contributed by atoms with van der Waals surface area (Å²) in [5.41, 5.74) is 0.997. The van der Waals surface area contributed by atoms with E-state index in [0.717, 1.165) is 17.8 Å². The molecular formula is C18H18N4O4S. The Bertz CT molecular complexity index is 1040. The standard InChI is InChI=1S/C18H18N4O4S/c1-3-4-15-21-22-16(24)9-14(20-18(22)27-15)10-26-17(25)12-5-7-13(8-6-12)19-11(2)23/h5-9H,3-4,10H2,1-2H3,(H,19,23). The molecule has 0 spiro atoms. The van der Waals surface area contributed by atoms with Crippen molar-refractivity contribution in [1.29, 1.82) is 0 Å². The summed E-state index contributed by atoms with van der Waals surface area (Å²) in [5.74, 6) is -0.731. The zero-order valence-electron chi connectivity index (χ0n) is 14.9. The van der Waals surface area contributed by atoms with Crippen LogP contribution in [0.2, 0.25) is 0 Å². The van der Waals surface area contributed by atoms with Crippen LogP contribution in [0, 0.1) is 0 Å². The molecule has 0 aliphatic rings. The molecule has 0 saturated carbocycles. The van der Waals surface area contributed by atoms with Crippen molar-refractivity contribution < 1.29 is 14.3 Å². The minimum atomic E-state index is -0.539. The summed E-state index contributed by atoms with van der Waals surface area (Å²) in [7, 11) is 0. The van der Waals surface area contributed by atoms with E-state index in [1.165, 1.54) is 28.8 Å². The van der Waals surface area contributed by atoms with E-state index in [0.29, 0.717) is 21.9 Å². The third-order valence-electron chi connectivity index (χ3n) is 3.60. The van der Waals surface area contributed by atoms with Gasteiger partial charge in [0.25, 0.3) is 5.56 Å². The molecule has 9 heteroatoms. The Morgan fingerprint density at radius 3 is 2.67 bits per heavy atom. The Kier molecular flexibility index (Phi) is 5.60. The molecule has 0 bridgehead atoms. The normalized spacial score (nSPS) is 10.7. The van der Waals surface area contributed by atoms with Gasteiger partial charge in [0.05, 0.1) is 11.3 Å². The molecule has 1 N–H and O–H groups in total. The Balaban J connectivity index is 1.69. The molecule has 3 aromatic rings. The maximum absolute atomic E-state index is 12.2. The highest BCUT2D eigenvalue weighted by Gasteiger charge is 2.12. The van der Waals surface area contributed by atoms with E-state index in [9.17, 15) is 14.4 Å². The van der Waals surface area contributed by atoms with E-state index in [-0.39, 0.29) is 18.1 Å². The van der Waals surface area contributed by atoms with Gasteiger partial charge in [0.15, 0.2) is 0 Å². The summed E-state index contributed by atoms with van der Waals surface area (Å²) in [6, 6.07) is 7.65. The van der Waals surface area contributed by atoms with Gasteiger partial charge in [-0.2, -0.15) is 9.61 Å². The van der Waals surface area contributed by atoms with Gasteiger partial charge in [-0.3, -0.25) is 9.59 Å². The first-order valence-electron chi connectivity index (χ1n) is 8.39. The quantitative estimate of drug-likeness (QED) is 0.653. The topological polar surface area (TPSA) is 103 Å². The predicted molar refractivity (Wildman–Crippen MR) is 101 cm³/mol. The molecule has 0 fully saturated rings. The SMILES string of the molecule is CCCc1nn2c(=O)cc(COC(=O)c3ccc(NC(C)=O)cc3)nc2s1. The second kappa shape index (κ2) is 8.09. The van der Waals surface area contributed by atoms with E-state index in [1.807, 2.05) is 6.92 Å². The molecule has 8 nitrogen and oxygen atoms in total. The van der Waals surface area contributed by atoms with Crippen LogP contribution in [-0.4, -0.2) is 26.5 Å². The number of aryl methyl sites for hydroxylation is 1. The first-order valence-corrected chi connectivity index (χ1v) is 9.21. The van der Waals surface area contributed by atoms with Gasteiger partial charge in [-0.05, 0) is 30.7 Å². The number of carbonyl (C=O) groups excluding carboxylic acids is 2. The molecule has 0 unspecified atom stereocenters. The molecule has 27 heavy (non-hydrogen) atoms. The molecule has 2 heterocycles. The van der Waals surface area contributed by atoms with Gasteiger partial charge in [0.2, 0.25) is 10.9 Å².